The van der Waals surface area contributed by atoms with Crippen LogP contribution < -0.4 is 0 Å². The van der Waals surface area contributed by atoms with Crippen LogP contribution in [0.15, 0.2) is 26.9 Å². The monoisotopic (exact) mass is 253 g/mol. The normalized spacial score (nSPS) is 20.8. The zero-order valence-electron chi connectivity index (χ0n) is 9.46. The van der Waals surface area contributed by atoms with Crippen LogP contribution in [0.5, 0.6) is 0 Å². The lowest BCUT2D eigenvalue weighted by atomic mass is 10.1. The minimum Gasteiger partial charge on any atom is -0.261 e. The topological polar surface area (TPSA) is 28.0 Å². The van der Waals surface area contributed by atoms with Gasteiger partial charge in [-0.2, -0.15) is 16.4 Å². The highest BCUT2D eigenvalue weighted by Gasteiger charge is 2.26. The van der Waals surface area contributed by atoms with E-state index in [4.69, 9.17) is 0 Å². The summed E-state index contributed by atoms with van der Waals surface area (Å²) in [6, 6.07) is 2.50. The summed E-state index contributed by atoms with van der Waals surface area (Å²) in [5, 5.41) is 11.8. The Balaban J connectivity index is 2.20. The number of amidine groups is 1. The van der Waals surface area contributed by atoms with E-state index in [9.17, 15) is 0 Å². The van der Waals surface area contributed by atoms with Crippen molar-refractivity contribution in [2.24, 2.45) is 10.1 Å². The summed E-state index contributed by atoms with van der Waals surface area (Å²) in [5.74, 6) is 0. The van der Waals surface area contributed by atoms with Gasteiger partial charge in [-0.25, -0.2) is 5.01 Å². The fourth-order valence-electron chi connectivity index (χ4n) is 1.71. The maximum absolute atomic E-state index is 4.48. The summed E-state index contributed by atoms with van der Waals surface area (Å²) < 4.78 is 0. The molecule has 86 valence electrons. The Kier molecular flexibility index (Phi) is 4.01. The van der Waals surface area contributed by atoms with Gasteiger partial charge in [-0.1, -0.05) is 11.8 Å². The van der Waals surface area contributed by atoms with E-state index >= 15 is 0 Å². The lowest BCUT2D eigenvalue weighted by molar-refractivity contribution is 0.377. The van der Waals surface area contributed by atoms with Crippen LogP contribution in [0.3, 0.4) is 0 Å². The summed E-state index contributed by atoms with van der Waals surface area (Å²) in [5.41, 5.74) is 1.33. The standard InChI is InChI=1S/C11H15N3S2/c1-3-12-11(15-2)14-10(4-6-13-14)9-5-7-16-8-9/h5-8,10H,3-4H2,1-2H3/b12-11+. The summed E-state index contributed by atoms with van der Waals surface area (Å²) in [4.78, 5) is 4.48. The Morgan fingerprint density at radius 2 is 2.62 bits per heavy atom. The molecule has 0 N–H and O–H groups in total. The molecule has 0 bridgehead atoms. The second-order valence-electron chi connectivity index (χ2n) is 3.41. The predicted octanol–water partition coefficient (Wildman–Crippen LogP) is 3.22. The van der Waals surface area contributed by atoms with Crippen molar-refractivity contribution in [3.8, 4) is 0 Å². The zero-order valence-corrected chi connectivity index (χ0v) is 11.1. The highest BCUT2D eigenvalue weighted by Crippen LogP contribution is 2.31. The average Bonchev–Trinajstić information content (AvgIpc) is 2.94. The first-order chi connectivity index (χ1) is 7.86. The molecule has 0 aliphatic carbocycles. The summed E-state index contributed by atoms with van der Waals surface area (Å²) in [6.45, 7) is 2.86. The molecule has 1 atom stereocenters. The van der Waals surface area contributed by atoms with Gasteiger partial charge >= 0.3 is 0 Å². The molecule has 0 fully saturated rings. The Bertz CT molecular complexity index is 384. The first-order valence-corrected chi connectivity index (χ1v) is 7.45. The first kappa shape index (κ1) is 11.7. The van der Waals surface area contributed by atoms with Crippen LogP contribution >= 0.6 is 23.1 Å². The molecule has 1 aliphatic rings. The van der Waals surface area contributed by atoms with Crippen LogP contribution in [0.25, 0.3) is 0 Å². The second-order valence-corrected chi connectivity index (χ2v) is 4.97. The predicted molar refractivity (Wildman–Crippen MR) is 73.5 cm³/mol. The van der Waals surface area contributed by atoms with Crippen LogP contribution in [-0.4, -0.2) is 29.2 Å². The number of thiophene rings is 1. The zero-order chi connectivity index (χ0) is 11.4. The highest BCUT2D eigenvalue weighted by atomic mass is 32.2. The van der Waals surface area contributed by atoms with Crippen molar-refractivity contribution >= 4 is 34.5 Å². The van der Waals surface area contributed by atoms with E-state index < -0.39 is 0 Å². The van der Waals surface area contributed by atoms with E-state index in [1.54, 1.807) is 23.1 Å². The highest BCUT2D eigenvalue weighted by molar-refractivity contribution is 8.13. The van der Waals surface area contributed by atoms with Crippen molar-refractivity contribution in [3.05, 3.63) is 22.4 Å². The molecule has 0 aromatic carbocycles. The van der Waals surface area contributed by atoms with Gasteiger partial charge < -0.3 is 0 Å². The molecule has 2 heterocycles. The molecule has 0 amide bonds. The second kappa shape index (κ2) is 5.50. The smallest absolute Gasteiger partial charge is 0.180 e. The molecular weight excluding hydrogens is 238 g/mol. The minimum atomic E-state index is 0.337. The maximum atomic E-state index is 4.48. The molecule has 0 saturated carbocycles. The van der Waals surface area contributed by atoms with Crippen LogP contribution in [0.2, 0.25) is 0 Å². The van der Waals surface area contributed by atoms with Gasteiger partial charge in [0.2, 0.25) is 0 Å². The van der Waals surface area contributed by atoms with E-state index in [1.165, 1.54) is 5.56 Å². The van der Waals surface area contributed by atoms with E-state index in [0.29, 0.717) is 6.04 Å². The quantitative estimate of drug-likeness (QED) is 0.598. The maximum Gasteiger partial charge on any atom is 0.180 e. The largest absolute Gasteiger partial charge is 0.261 e. The molecule has 5 heteroatoms. The van der Waals surface area contributed by atoms with E-state index in [-0.39, 0.29) is 0 Å². The van der Waals surface area contributed by atoms with Crippen LogP contribution in [0.4, 0.5) is 0 Å². The number of thioether (sulfide) groups is 1. The van der Waals surface area contributed by atoms with Gasteiger partial charge in [-0.05, 0) is 35.6 Å². The van der Waals surface area contributed by atoms with E-state index in [0.717, 1.165) is 18.1 Å². The fraction of sp³-hybridized carbons (Fsp3) is 0.455. The molecular formula is C11H15N3S2. The van der Waals surface area contributed by atoms with E-state index in [2.05, 4.69) is 33.8 Å². The fourth-order valence-corrected chi connectivity index (χ4v) is 3.03. The van der Waals surface area contributed by atoms with Crippen molar-refractivity contribution < 1.29 is 0 Å². The van der Waals surface area contributed by atoms with Crippen molar-refractivity contribution in [1.29, 1.82) is 0 Å². The van der Waals surface area contributed by atoms with Crippen LogP contribution in [0.1, 0.15) is 24.9 Å². The molecule has 1 aromatic rings. The van der Waals surface area contributed by atoms with Crippen molar-refractivity contribution in [3.63, 3.8) is 0 Å². The molecule has 0 saturated heterocycles. The van der Waals surface area contributed by atoms with Gasteiger partial charge in [0.05, 0.1) is 6.04 Å². The Morgan fingerprint density at radius 1 is 1.75 bits per heavy atom. The number of nitrogens with zero attached hydrogens (tertiary/aromatic N) is 3. The van der Waals surface area contributed by atoms with Crippen LogP contribution in [0, 0.1) is 0 Å². The number of hydrogen-bond donors (Lipinski definition) is 0. The summed E-state index contributed by atoms with van der Waals surface area (Å²) in [7, 11) is 0. The minimum absolute atomic E-state index is 0.337. The lowest BCUT2D eigenvalue weighted by Crippen LogP contribution is -2.24. The Labute approximate surface area is 104 Å². The number of hydrogen-bond acceptors (Lipinski definition) is 4. The van der Waals surface area contributed by atoms with Gasteiger partial charge in [0, 0.05) is 19.2 Å². The summed E-state index contributed by atoms with van der Waals surface area (Å²) >= 11 is 3.39. The molecule has 16 heavy (non-hydrogen) atoms. The number of aliphatic imine (C=N–C) groups is 1. The van der Waals surface area contributed by atoms with Crippen molar-refractivity contribution in [2.75, 3.05) is 12.8 Å². The molecule has 1 aliphatic heterocycles. The summed E-state index contributed by atoms with van der Waals surface area (Å²) in [6.07, 6.45) is 5.00. The van der Waals surface area contributed by atoms with Gasteiger partial charge in [-0.3, -0.25) is 4.99 Å². The Morgan fingerprint density at radius 3 is 3.25 bits per heavy atom. The van der Waals surface area contributed by atoms with Gasteiger partial charge in [0.15, 0.2) is 5.17 Å². The first-order valence-electron chi connectivity index (χ1n) is 5.29. The van der Waals surface area contributed by atoms with Crippen LogP contribution in [-0.2, 0) is 0 Å². The Hall–Kier alpha value is -0.810. The molecule has 3 nitrogen and oxygen atoms in total. The molecule has 0 spiro atoms. The molecule has 1 unspecified atom stereocenters. The number of rotatable bonds is 2. The van der Waals surface area contributed by atoms with Gasteiger partial charge in [0.25, 0.3) is 0 Å². The van der Waals surface area contributed by atoms with Crippen molar-refractivity contribution in [1.82, 2.24) is 5.01 Å². The van der Waals surface area contributed by atoms with Gasteiger partial charge in [-0.15, -0.1) is 0 Å². The van der Waals surface area contributed by atoms with E-state index in [1.807, 2.05) is 17.5 Å². The third-order valence-electron chi connectivity index (χ3n) is 2.43. The third-order valence-corrected chi connectivity index (χ3v) is 3.81. The average molecular weight is 253 g/mol. The number of hydrazone groups is 1. The molecule has 2 rings (SSSR count). The molecule has 0 radical (unpaired) electrons. The SMILES string of the molecule is CC/N=C(/SC)N1N=CCC1c1ccsc1. The lowest BCUT2D eigenvalue weighted by Gasteiger charge is -2.23. The van der Waals surface area contributed by atoms with Crippen molar-refractivity contribution in [2.45, 2.75) is 19.4 Å². The third kappa shape index (κ3) is 2.30. The molecule has 1 aromatic heterocycles. The van der Waals surface area contributed by atoms with Gasteiger partial charge in [0.1, 0.15) is 0 Å².